The number of nitrogens with zero attached hydrogens (tertiary/aromatic N) is 3. The molecule has 0 spiro atoms. The zero-order valence-electron chi connectivity index (χ0n) is 15.3. The first-order valence-electron chi connectivity index (χ1n) is 7.91. The van der Waals surface area contributed by atoms with E-state index >= 15 is 0 Å². The molecule has 0 unspecified atom stereocenters. The predicted molar refractivity (Wildman–Crippen MR) is 101 cm³/mol. The summed E-state index contributed by atoms with van der Waals surface area (Å²) < 4.78 is 0. The molecule has 0 aliphatic rings. The molecule has 0 saturated heterocycles. The van der Waals surface area contributed by atoms with Gasteiger partial charge < -0.3 is 37.2 Å². The van der Waals surface area contributed by atoms with Crippen LogP contribution in [0, 0.1) is 0 Å². The molecular formula is C21H19Cl3CoN3. The first-order valence-corrected chi connectivity index (χ1v) is 7.91. The van der Waals surface area contributed by atoms with Gasteiger partial charge in [-0.1, -0.05) is 42.5 Å². The van der Waals surface area contributed by atoms with E-state index in [4.69, 9.17) is 4.98 Å². The Morgan fingerprint density at radius 3 is 1.29 bits per heavy atom. The minimum absolute atomic E-state index is 0. The zero-order chi connectivity index (χ0) is 16.8. The molecule has 3 rings (SSSR count). The van der Waals surface area contributed by atoms with Crippen molar-refractivity contribution in [3.8, 4) is 0 Å². The van der Waals surface area contributed by atoms with Crippen LogP contribution in [-0.2, 0) is 16.8 Å². The van der Waals surface area contributed by atoms with E-state index in [-0.39, 0.29) is 54.0 Å². The zero-order valence-corrected chi connectivity index (χ0v) is 18.6. The Bertz CT molecular complexity index is 815. The van der Waals surface area contributed by atoms with Gasteiger partial charge in [-0.2, -0.15) is 0 Å². The first kappa shape index (κ1) is 28.5. The molecule has 0 bridgehead atoms. The van der Waals surface area contributed by atoms with E-state index in [2.05, 4.69) is 9.98 Å². The van der Waals surface area contributed by atoms with Gasteiger partial charge in [-0.15, -0.1) is 0 Å². The summed E-state index contributed by atoms with van der Waals surface area (Å²) in [5.74, 6) is 0. The van der Waals surface area contributed by atoms with Crippen molar-refractivity contribution in [2.75, 3.05) is 0 Å². The van der Waals surface area contributed by atoms with Gasteiger partial charge in [0, 0.05) is 0 Å². The van der Waals surface area contributed by atoms with E-state index in [0.717, 1.165) is 34.2 Å². The maximum atomic E-state index is 4.70. The fourth-order valence-corrected chi connectivity index (χ4v) is 2.34. The van der Waals surface area contributed by atoms with Gasteiger partial charge in [0.1, 0.15) is 0 Å². The van der Waals surface area contributed by atoms with Crippen LogP contribution in [0.15, 0.2) is 88.8 Å². The molecule has 0 aliphatic heterocycles. The number of hydrogen-bond donors (Lipinski definition) is 0. The Kier molecular flexibility index (Phi) is 14.6. The van der Waals surface area contributed by atoms with Crippen molar-refractivity contribution in [2.24, 2.45) is 9.98 Å². The van der Waals surface area contributed by atoms with Crippen molar-refractivity contribution in [1.82, 2.24) is 4.98 Å². The molecule has 3 aromatic rings. The van der Waals surface area contributed by atoms with E-state index in [1.807, 2.05) is 92.7 Å². The van der Waals surface area contributed by atoms with E-state index in [1.54, 1.807) is 0 Å². The Morgan fingerprint density at radius 2 is 0.929 bits per heavy atom. The smallest absolute Gasteiger partial charge is 1.00 e. The summed E-state index contributed by atoms with van der Waals surface area (Å²) in [6.07, 6.45) is 0. The Morgan fingerprint density at radius 1 is 0.571 bits per heavy atom. The van der Waals surface area contributed by atoms with Crippen molar-refractivity contribution < 1.29 is 54.0 Å². The molecule has 1 heterocycles. The molecule has 0 saturated carbocycles. The van der Waals surface area contributed by atoms with Crippen molar-refractivity contribution in [3.05, 3.63) is 90.3 Å². The van der Waals surface area contributed by atoms with Crippen LogP contribution in [-0.4, -0.2) is 16.4 Å². The first-order chi connectivity index (χ1) is 11.7. The monoisotopic (exact) mass is 477 g/mol. The maximum Gasteiger partial charge on any atom is 3.00 e. The van der Waals surface area contributed by atoms with Gasteiger partial charge in [-0.05, 0) is 50.2 Å². The quantitative estimate of drug-likeness (QED) is 0.357. The second-order valence-electron chi connectivity index (χ2n) is 5.47. The van der Waals surface area contributed by atoms with Crippen molar-refractivity contribution in [3.63, 3.8) is 0 Å². The molecule has 0 fully saturated rings. The van der Waals surface area contributed by atoms with Gasteiger partial charge in [0.2, 0.25) is 0 Å². The van der Waals surface area contributed by atoms with Crippen molar-refractivity contribution in [2.45, 2.75) is 13.8 Å². The Labute approximate surface area is 195 Å². The van der Waals surface area contributed by atoms with E-state index in [1.165, 1.54) is 0 Å². The molecule has 3 nitrogen and oxygen atoms in total. The van der Waals surface area contributed by atoms with Crippen LogP contribution in [0.1, 0.15) is 25.2 Å². The van der Waals surface area contributed by atoms with E-state index in [0.29, 0.717) is 0 Å². The minimum Gasteiger partial charge on any atom is -1.00 e. The second-order valence-corrected chi connectivity index (χ2v) is 5.47. The standard InChI is InChI=1S/C21H19N3.3ClH.Co/c1-16(22-18-10-5-3-6-11-18)20-14-9-15-21(24-20)17(2)23-19-12-7-4-8-13-19;;;;/h3-15H,1-2H3;3*1H;/q;;;;+3/p-3. The van der Waals surface area contributed by atoms with Crippen LogP contribution in [0.3, 0.4) is 0 Å². The number of aromatic nitrogens is 1. The maximum absolute atomic E-state index is 4.70. The number of para-hydroxylation sites is 2. The van der Waals surface area contributed by atoms with Gasteiger partial charge in [0.15, 0.2) is 0 Å². The molecule has 1 aromatic heterocycles. The number of hydrogen-bond acceptors (Lipinski definition) is 3. The van der Waals surface area contributed by atoms with Gasteiger partial charge in [0.05, 0.1) is 34.2 Å². The van der Waals surface area contributed by atoms with Crippen LogP contribution in [0.5, 0.6) is 0 Å². The minimum atomic E-state index is 0. The van der Waals surface area contributed by atoms with Crippen LogP contribution in [0.2, 0.25) is 0 Å². The third-order valence-corrected chi connectivity index (χ3v) is 3.60. The van der Waals surface area contributed by atoms with Crippen LogP contribution in [0.25, 0.3) is 0 Å². The predicted octanol–water partition coefficient (Wildman–Crippen LogP) is -3.63. The summed E-state index contributed by atoms with van der Waals surface area (Å²) in [7, 11) is 0. The third kappa shape index (κ3) is 8.13. The van der Waals surface area contributed by atoms with Crippen LogP contribution < -0.4 is 37.2 Å². The van der Waals surface area contributed by atoms with Gasteiger partial charge in [-0.3, -0.25) is 9.98 Å². The second kappa shape index (κ2) is 14.3. The molecule has 0 radical (unpaired) electrons. The van der Waals surface area contributed by atoms with Crippen molar-refractivity contribution in [1.29, 1.82) is 0 Å². The molecule has 2 aromatic carbocycles. The molecular weight excluding hydrogens is 460 g/mol. The fourth-order valence-electron chi connectivity index (χ4n) is 2.34. The summed E-state index contributed by atoms with van der Waals surface area (Å²) in [6, 6.07) is 25.7. The number of rotatable bonds is 4. The Balaban J connectivity index is 0. The fraction of sp³-hybridized carbons (Fsp3) is 0.0952. The Hall–Kier alpha value is -1.69. The number of halogens is 3. The molecule has 0 N–H and O–H groups in total. The molecule has 28 heavy (non-hydrogen) atoms. The molecule has 7 heteroatoms. The van der Waals surface area contributed by atoms with Gasteiger partial charge in [-0.25, -0.2) is 4.98 Å². The largest absolute Gasteiger partial charge is 3.00 e. The SMILES string of the molecule is CC(=Nc1ccccc1)c1cccc(C(C)=Nc2ccccc2)n1.[Cl-].[Cl-].[Cl-].[Co+3]. The normalized spacial score (nSPS) is 10.5. The number of benzene rings is 2. The summed E-state index contributed by atoms with van der Waals surface area (Å²) >= 11 is 0. The average molecular weight is 479 g/mol. The van der Waals surface area contributed by atoms with Crippen LogP contribution >= 0.6 is 0 Å². The van der Waals surface area contributed by atoms with Gasteiger partial charge >= 0.3 is 16.8 Å². The van der Waals surface area contributed by atoms with Gasteiger partial charge in [0.25, 0.3) is 0 Å². The number of pyridine rings is 1. The summed E-state index contributed by atoms with van der Waals surface area (Å²) in [6.45, 7) is 3.95. The van der Waals surface area contributed by atoms with E-state index in [9.17, 15) is 0 Å². The van der Waals surface area contributed by atoms with Crippen molar-refractivity contribution >= 4 is 22.8 Å². The topological polar surface area (TPSA) is 37.6 Å². The van der Waals surface area contributed by atoms with Crippen LogP contribution in [0.4, 0.5) is 11.4 Å². The third-order valence-electron chi connectivity index (χ3n) is 3.60. The van der Waals surface area contributed by atoms with E-state index < -0.39 is 0 Å². The number of aliphatic imine (C=N–C) groups is 2. The summed E-state index contributed by atoms with van der Waals surface area (Å²) in [5.41, 5.74) is 5.35. The summed E-state index contributed by atoms with van der Waals surface area (Å²) in [4.78, 5) is 14.0. The molecule has 148 valence electrons. The molecule has 0 aliphatic carbocycles. The molecule has 0 amide bonds. The molecule has 0 atom stereocenters. The average Bonchev–Trinajstić information content (AvgIpc) is 2.63. The summed E-state index contributed by atoms with van der Waals surface area (Å²) in [5, 5.41) is 0.